The van der Waals surface area contributed by atoms with Crippen LogP contribution in [0.5, 0.6) is 17.2 Å². The highest BCUT2D eigenvalue weighted by Crippen LogP contribution is 2.52. The first-order valence-electron chi connectivity index (χ1n) is 13.3. The zero-order chi connectivity index (χ0) is 28.9. The molecule has 4 aromatic rings. The molecule has 1 atom stereocenters. The first kappa shape index (κ1) is 26.1. The van der Waals surface area contributed by atoms with Crippen LogP contribution in [0.2, 0.25) is 0 Å². The van der Waals surface area contributed by atoms with Gasteiger partial charge in [-0.25, -0.2) is 0 Å². The molecule has 0 saturated carbocycles. The number of nitrogens with zero attached hydrogens (tertiary/aromatic N) is 2. The van der Waals surface area contributed by atoms with Crippen LogP contribution >= 0.6 is 0 Å². The number of hydrogen-bond acceptors (Lipinski definition) is 7. The Balaban J connectivity index is 1.44. The number of methoxy groups -OCH3 is 1. The Hall–Kier alpha value is -5.16. The fraction of sp³-hybridized carbons (Fsp3) is 0.212. The predicted octanol–water partition coefficient (Wildman–Crippen LogP) is 7.73. The van der Waals surface area contributed by atoms with Crippen molar-refractivity contribution in [2.24, 2.45) is 5.41 Å². The maximum Gasteiger partial charge on any atom is 0.271 e. The molecule has 0 fully saturated rings. The average Bonchev–Trinajstić information content (AvgIpc) is 2.96. The number of nitriles is 1. The number of nitrogens with one attached hydrogen (secondary N) is 1. The largest absolute Gasteiger partial charge is 0.493 e. The lowest BCUT2D eigenvalue weighted by Crippen LogP contribution is -2.33. The molecule has 0 aromatic heterocycles. The smallest absolute Gasteiger partial charge is 0.271 e. The number of nitro groups is 1. The Morgan fingerprint density at radius 1 is 1.00 bits per heavy atom. The van der Waals surface area contributed by atoms with Crippen molar-refractivity contribution >= 4 is 33.5 Å². The molecule has 8 nitrogen and oxygen atoms in total. The second-order valence-corrected chi connectivity index (χ2v) is 11.2. The first-order valence-corrected chi connectivity index (χ1v) is 13.3. The van der Waals surface area contributed by atoms with Gasteiger partial charge in [0.15, 0.2) is 17.3 Å². The van der Waals surface area contributed by atoms with E-state index in [2.05, 4.69) is 43.4 Å². The number of allylic oxidation sites excluding steroid dienone is 1. The molecule has 4 aromatic carbocycles. The normalized spacial score (nSPS) is 17.2. The molecule has 1 aliphatic carbocycles. The minimum absolute atomic E-state index is 0.0355. The van der Waals surface area contributed by atoms with Gasteiger partial charge in [-0.05, 0) is 58.0 Å². The second kappa shape index (κ2) is 9.79. The molecule has 0 spiro atoms. The average molecular weight is 546 g/mol. The molecule has 0 saturated heterocycles. The number of carbonyl (C=O) groups is 1. The van der Waals surface area contributed by atoms with E-state index in [1.54, 1.807) is 6.07 Å². The molecule has 204 valence electrons. The Kier molecular flexibility index (Phi) is 6.23. The van der Waals surface area contributed by atoms with Gasteiger partial charge in [-0.2, -0.15) is 5.26 Å². The van der Waals surface area contributed by atoms with Crippen LogP contribution in [0.4, 0.5) is 11.4 Å². The Labute approximate surface area is 237 Å². The highest BCUT2D eigenvalue weighted by atomic mass is 16.6. The Morgan fingerprint density at radius 3 is 2.54 bits per heavy atom. The van der Waals surface area contributed by atoms with Crippen molar-refractivity contribution in [2.45, 2.75) is 32.7 Å². The summed E-state index contributed by atoms with van der Waals surface area (Å²) < 4.78 is 11.7. The molecular formula is C33H27N3O5. The van der Waals surface area contributed by atoms with Crippen LogP contribution in [0.3, 0.4) is 0 Å². The van der Waals surface area contributed by atoms with Crippen LogP contribution < -0.4 is 14.8 Å². The zero-order valence-electron chi connectivity index (χ0n) is 22.9. The van der Waals surface area contributed by atoms with E-state index >= 15 is 0 Å². The molecule has 1 aliphatic heterocycles. The lowest BCUT2D eigenvalue weighted by Gasteiger charge is -2.40. The van der Waals surface area contributed by atoms with E-state index in [0.29, 0.717) is 17.9 Å². The highest BCUT2D eigenvalue weighted by Gasteiger charge is 2.41. The molecule has 0 unspecified atom stereocenters. The third kappa shape index (κ3) is 4.55. The fourth-order valence-electron chi connectivity index (χ4n) is 5.96. The first-order chi connectivity index (χ1) is 19.7. The van der Waals surface area contributed by atoms with Gasteiger partial charge in [0, 0.05) is 35.4 Å². The third-order valence-electron chi connectivity index (χ3n) is 7.77. The number of Topliss-reactive ketones (excluding diaryl/α,β-unsaturated/α-hetero) is 1. The van der Waals surface area contributed by atoms with Gasteiger partial charge in [0.1, 0.15) is 17.4 Å². The summed E-state index contributed by atoms with van der Waals surface area (Å²) in [6, 6.07) is 23.3. The molecule has 6 rings (SSSR count). The number of ether oxygens (including phenoxy) is 2. The van der Waals surface area contributed by atoms with Crippen molar-refractivity contribution < 1.29 is 19.2 Å². The lowest BCUT2D eigenvalue weighted by atomic mass is 9.68. The Morgan fingerprint density at radius 2 is 1.78 bits per heavy atom. The van der Waals surface area contributed by atoms with Crippen LogP contribution in [0.15, 0.2) is 78.4 Å². The molecule has 1 N–H and O–H groups in total. The maximum atomic E-state index is 13.7. The highest BCUT2D eigenvalue weighted by molar-refractivity contribution is 6.12. The lowest BCUT2D eigenvalue weighted by molar-refractivity contribution is -0.384. The second-order valence-electron chi connectivity index (χ2n) is 11.2. The Bertz CT molecular complexity index is 1830. The van der Waals surface area contributed by atoms with Gasteiger partial charge >= 0.3 is 0 Å². The summed E-state index contributed by atoms with van der Waals surface area (Å²) in [4.78, 5) is 24.3. The van der Waals surface area contributed by atoms with Crippen molar-refractivity contribution in [1.29, 1.82) is 5.26 Å². The quantitative estimate of drug-likeness (QED) is 0.202. The molecule has 8 heteroatoms. The van der Waals surface area contributed by atoms with E-state index in [1.807, 2.05) is 30.3 Å². The number of rotatable bonds is 5. The standard InChI is InChI=1S/C33H27N3O5/c1-33(2)16-24-30-23-7-5-4-6-19(23)8-11-25(30)35-32(31(24)26(37)17-33)20-9-12-28(29(15-20)40-3)41-27-13-10-22(36(38)39)14-21(27)18-34/h4-15,32,35H,16-17H2,1-3H3/t32-/m0/s1. The minimum atomic E-state index is -0.561. The van der Waals surface area contributed by atoms with Gasteiger partial charge in [-0.1, -0.05) is 50.2 Å². The minimum Gasteiger partial charge on any atom is -0.493 e. The van der Waals surface area contributed by atoms with Gasteiger partial charge < -0.3 is 14.8 Å². The summed E-state index contributed by atoms with van der Waals surface area (Å²) in [5.74, 6) is 1.04. The van der Waals surface area contributed by atoms with E-state index < -0.39 is 4.92 Å². The molecule has 2 aliphatic rings. The molecule has 41 heavy (non-hydrogen) atoms. The summed E-state index contributed by atoms with van der Waals surface area (Å²) in [5.41, 5.74) is 4.41. The van der Waals surface area contributed by atoms with Gasteiger partial charge in [0.25, 0.3) is 5.69 Å². The van der Waals surface area contributed by atoms with E-state index in [0.717, 1.165) is 45.2 Å². The third-order valence-corrected chi connectivity index (χ3v) is 7.77. The van der Waals surface area contributed by atoms with E-state index in [4.69, 9.17) is 9.47 Å². The maximum absolute atomic E-state index is 13.7. The van der Waals surface area contributed by atoms with Gasteiger partial charge in [-0.3, -0.25) is 14.9 Å². The van der Waals surface area contributed by atoms with Crippen molar-refractivity contribution in [1.82, 2.24) is 0 Å². The van der Waals surface area contributed by atoms with Gasteiger partial charge in [-0.15, -0.1) is 0 Å². The van der Waals surface area contributed by atoms with Crippen molar-refractivity contribution in [3.8, 4) is 23.3 Å². The van der Waals surface area contributed by atoms with Crippen molar-refractivity contribution in [3.05, 3.63) is 105 Å². The molecule has 0 radical (unpaired) electrons. The van der Waals surface area contributed by atoms with Crippen LogP contribution in [-0.2, 0) is 4.79 Å². The number of ketones is 1. The number of fused-ring (bicyclic) bond motifs is 4. The van der Waals surface area contributed by atoms with Gasteiger partial charge in [0.2, 0.25) is 0 Å². The number of hydrogen-bond donors (Lipinski definition) is 1. The summed E-state index contributed by atoms with van der Waals surface area (Å²) >= 11 is 0. The van der Waals surface area contributed by atoms with Crippen LogP contribution in [0, 0.1) is 26.9 Å². The summed E-state index contributed by atoms with van der Waals surface area (Å²) in [6.45, 7) is 4.28. The van der Waals surface area contributed by atoms with Crippen LogP contribution in [0.25, 0.3) is 16.3 Å². The number of nitro benzene ring substituents is 1. The summed E-state index contributed by atoms with van der Waals surface area (Å²) in [5, 5.41) is 26.5. The number of non-ortho nitro benzene ring substituents is 1. The van der Waals surface area contributed by atoms with Crippen molar-refractivity contribution in [2.75, 3.05) is 12.4 Å². The van der Waals surface area contributed by atoms with Crippen LogP contribution in [0.1, 0.15) is 49.4 Å². The topological polar surface area (TPSA) is 114 Å². The number of anilines is 1. The van der Waals surface area contributed by atoms with E-state index in [9.17, 15) is 20.2 Å². The molecule has 1 heterocycles. The van der Waals surface area contributed by atoms with Crippen molar-refractivity contribution in [3.63, 3.8) is 0 Å². The monoisotopic (exact) mass is 545 g/mol. The van der Waals surface area contributed by atoms with E-state index in [-0.39, 0.29) is 34.2 Å². The summed E-state index contributed by atoms with van der Waals surface area (Å²) in [6.07, 6.45) is 1.24. The fourth-order valence-corrected chi connectivity index (χ4v) is 5.96. The SMILES string of the molecule is COc1cc([C@@H]2Nc3ccc4ccccc4c3C3=C2C(=O)CC(C)(C)C3)ccc1Oc1ccc([N+](=O)[O-])cc1C#N. The molecular weight excluding hydrogens is 518 g/mol. The van der Waals surface area contributed by atoms with Gasteiger partial charge in [0.05, 0.1) is 18.1 Å². The van der Waals surface area contributed by atoms with Crippen LogP contribution in [-0.4, -0.2) is 17.8 Å². The summed E-state index contributed by atoms with van der Waals surface area (Å²) in [7, 11) is 1.52. The number of carbonyl (C=O) groups excluding carboxylic acids is 1. The molecule has 0 amide bonds. The van der Waals surface area contributed by atoms with E-state index in [1.165, 1.54) is 25.3 Å². The zero-order valence-corrected chi connectivity index (χ0v) is 22.9. The number of benzene rings is 4. The predicted molar refractivity (Wildman–Crippen MR) is 156 cm³/mol. The molecule has 0 bridgehead atoms.